The second-order valence-electron chi connectivity index (χ2n) is 10.0. The van der Waals surface area contributed by atoms with Crippen molar-refractivity contribution in [2.45, 2.75) is 109 Å². The Morgan fingerprint density at radius 2 is 1.09 bits per heavy atom. The van der Waals surface area contributed by atoms with Crippen LogP contribution in [0.15, 0.2) is 0 Å². The number of hydrogen-bond acceptors (Lipinski definition) is 4. The molecule has 0 aromatic carbocycles. The first-order chi connectivity index (χ1) is 15.3. The molecule has 0 aromatic rings. The molecular weight excluding hydrogens is 424 g/mol. The van der Waals surface area contributed by atoms with Crippen LogP contribution in [-0.4, -0.2) is 69.8 Å². The van der Waals surface area contributed by atoms with Gasteiger partial charge in [0.2, 0.25) is 0 Å². The summed E-state index contributed by atoms with van der Waals surface area (Å²) in [7, 11) is 0.559. The molecule has 0 aliphatic heterocycles. The lowest BCUT2D eigenvalue weighted by atomic mass is 10.0. The van der Waals surface area contributed by atoms with Crippen LogP contribution < -0.4 is 5.32 Å². The monoisotopic (exact) mass is 477 g/mol. The molecule has 32 heavy (non-hydrogen) atoms. The third-order valence-corrected chi connectivity index (χ3v) is 7.01. The van der Waals surface area contributed by atoms with Crippen molar-refractivity contribution < 1.29 is 22.2 Å². The van der Waals surface area contributed by atoms with E-state index >= 15 is 0 Å². The van der Waals surface area contributed by atoms with Crippen molar-refractivity contribution in [2.24, 2.45) is 0 Å². The molecule has 0 heterocycles. The maximum absolute atomic E-state index is 10.8. The van der Waals surface area contributed by atoms with Gasteiger partial charge in [-0.25, -0.2) is 0 Å². The summed E-state index contributed by atoms with van der Waals surface area (Å²) in [5.41, 5.74) is 0. The zero-order chi connectivity index (χ0) is 24.0. The van der Waals surface area contributed by atoms with E-state index in [-0.39, 0.29) is 5.75 Å². The van der Waals surface area contributed by atoms with E-state index < -0.39 is 10.1 Å². The first kappa shape index (κ1) is 31.5. The number of rotatable bonds is 25. The third-order valence-electron chi connectivity index (χ3n) is 6.21. The van der Waals surface area contributed by atoms with Gasteiger partial charge in [-0.05, 0) is 32.2 Å². The van der Waals surface area contributed by atoms with Crippen LogP contribution in [0.25, 0.3) is 0 Å². The van der Waals surface area contributed by atoms with Gasteiger partial charge in [-0.2, -0.15) is 8.42 Å². The van der Waals surface area contributed by atoms with Gasteiger partial charge >= 0.3 is 0 Å². The molecule has 2 N–H and O–H groups in total. The fourth-order valence-electron chi connectivity index (χ4n) is 4.12. The lowest BCUT2D eigenvalue weighted by Gasteiger charge is -2.30. The fourth-order valence-corrected chi connectivity index (χ4v) is 4.68. The maximum Gasteiger partial charge on any atom is 0.264 e. The number of carbonyl (C=O) groups excluding carboxylic acids is 1. The number of carbonyl (C=O) groups is 1. The highest BCUT2D eigenvalue weighted by atomic mass is 32.2. The molecule has 0 saturated carbocycles. The summed E-state index contributed by atoms with van der Waals surface area (Å²) in [6.45, 7) is 4.18. The zero-order valence-corrected chi connectivity index (χ0v) is 22.0. The average Bonchev–Trinajstić information content (AvgIpc) is 2.72. The van der Waals surface area contributed by atoms with Gasteiger partial charge in [0.25, 0.3) is 10.1 Å². The van der Waals surface area contributed by atoms with Crippen LogP contribution in [0.1, 0.15) is 109 Å². The predicted molar refractivity (Wildman–Crippen MR) is 136 cm³/mol. The molecule has 0 bridgehead atoms. The summed E-state index contributed by atoms with van der Waals surface area (Å²) >= 11 is 0. The first-order valence-electron chi connectivity index (χ1n) is 13.2. The molecule has 0 radical (unpaired) electrons. The van der Waals surface area contributed by atoms with Crippen molar-refractivity contribution in [3.8, 4) is 0 Å². The normalized spacial score (nSPS) is 12.3. The third kappa shape index (κ3) is 25.8. The van der Waals surface area contributed by atoms with Crippen LogP contribution in [-0.2, 0) is 14.9 Å². The molecule has 0 aliphatic carbocycles. The minimum absolute atomic E-state index is 0.125. The molecule has 0 aromatic heterocycles. The van der Waals surface area contributed by atoms with E-state index in [2.05, 4.69) is 19.4 Å². The molecule has 0 spiro atoms. The second-order valence-corrected chi connectivity index (χ2v) is 11.6. The summed E-state index contributed by atoms with van der Waals surface area (Å²) in [6, 6.07) is 0. The number of unbranched alkanes of at least 4 members (excludes halogenated alkanes) is 14. The van der Waals surface area contributed by atoms with Gasteiger partial charge in [-0.1, -0.05) is 70.6 Å². The van der Waals surface area contributed by atoms with Crippen LogP contribution in [0.4, 0.5) is 0 Å². The number of nitrogens with one attached hydrogen (secondary N) is 1. The Labute approximate surface area is 199 Å². The Morgan fingerprint density at radius 1 is 0.656 bits per heavy atom. The van der Waals surface area contributed by atoms with Crippen molar-refractivity contribution in [1.29, 1.82) is 0 Å². The number of hydrogen-bond donors (Lipinski definition) is 2. The van der Waals surface area contributed by atoms with E-state index in [4.69, 9.17) is 4.55 Å². The largest absolute Gasteiger partial charge is 0.328 e. The van der Waals surface area contributed by atoms with Gasteiger partial charge in [0.05, 0.1) is 32.9 Å². The summed E-state index contributed by atoms with van der Waals surface area (Å²) < 4.78 is 31.2. The summed E-state index contributed by atoms with van der Waals surface area (Å²) in [5, 5.41) is 3.55. The first-order valence-corrected chi connectivity index (χ1v) is 14.8. The molecular formula is C25H53N2O4S+. The van der Waals surface area contributed by atoms with E-state index in [1.807, 2.05) is 0 Å². The van der Waals surface area contributed by atoms with E-state index in [9.17, 15) is 13.2 Å². The highest BCUT2D eigenvalue weighted by molar-refractivity contribution is 7.85. The van der Waals surface area contributed by atoms with E-state index in [1.165, 1.54) is 77.0 Å². The molecule has 192 valence electrons. The highest BCUT2D eigenvalue weighted by Gasteiger charge is 2.14. The van der Waals surface area contributed by atoms with E-state index in [1.54, 1.807) is 0 Å². The van der Waals surface area contributed by atoms with E-state index in [0.29, 0.717) is 6.42 Å². The van der Waals surface area contributed by atoms with Crippen LogP contribution in [0.2, 0.25) is 0 Å². The van der Waals surface area contributed by atoms with Crippen molar-refractivity contribution in [2.75, 3.05) is 46.0 Å². The number of nitrogens with zero attached hydrogens (tertiary/aromatic N) is 1. The molecule has 6 nitrogen and oxygen atoms in total. The SMILES string of the molecule is C[N+](C)(CCCCS(=O)(=O)O)CCCNCCCCCCCCCCCCCCCC=O. The summed E-state index contributed by atoms with van der Waals surface area (Å²) in [5.74, 6) is -0.125. The second kappa shape index (κ2) is 21.1. The van der Waals surface area contributed by atoms with Crippen LogP contribution in [0.3, 0.4) is 0 Å². The van der Waals surface area contributed by atoms with Gasteiger partial charge in [-0.15, -0.1) is 0 Å². The molecule has 0 unspecified atom stereocenters. The Morgan fingerprint density at radius 3 is 1.59 bits per heavy atom. The molecule has 0 saturated heterocycles. The molecule has 0 rings (SSSR count). The van der Waals surface area contributed by atoms with Gasteiger partial charge in [0.15, 0.2) is 0 Å². The maximum atomic E-state index is 10.8. The Bertz CT molecular complexity index is 524. The average molecular weight is 478 g/mol. The van der Waals surface area contributed by atoms with Gasteiger partial charge in [-0.3, -0.25) is 4.55 Å². The van der Waals surface area contributed by atoms with Gasteiger partial charge in [0.1, 0.15) is 6.29 Å². The minimum Gasteiger partial charge on any atom is -0.328 e. The standard InChI is InChI=1S/C25H52N2O4S/c1-27(2,22-16-18-25-32(29,30)31)23-19-21-26-20-15-13-11-9-7-5-3-4-6-8-10-12-14-17-24-28/h24,26H,3-23,25H2,1-2H3/p+1. The fraction of sp³-hybridized carbons (Fsp3) is 0.960. The van der Waals surface area contributed by atoms with Gasteiger partial charge in [0, 0.05) is 19.4 Å². The number of aldehydes is 1. The summed E-state index contributed by atoms with van der Waals surface area (Å²) in [6.07, 6.45) is 21.3. The van der Waals surface area contributed by atoms with Crippen LogP contribution in [0, 0.1) is 0 Å². The minimum atomic E-state index is -3.81. The highest BCUT2D eigenvalue weighted by Crippen LogP contribution is 2.12. The Kier molecular flexibility index (Phi) is 20.7. The zero-order valence-electron chi connectivity index (χ0n) is 21.2. The number of quaternary nitrogens is 1. The molecule has 0 atom stereocenters. The quantitative estimate of drug-likeness (QED) is 0.0799. The van der Waals surface area contributed by atoms with Crippen molar-refractivity contribution >= 4 is 16.4 Å². The van der Waals surface area contributed by atoms with Gasteiger partial charge < -0.3 is 14.6 Å². The smallest absolute Gasteiger partial charge is 0.264 e. The molecule has 7 heteroatoms. The lowest BCUT2D eigenvalue weighted by molar-refractivity contribution is -0.890. The Balaban J connectivity index is 3.28. The van der Waals surface area contributed by atoms with E-state index in [0.717, 1.165) is 62.6 Å². The van der Waals surface area contributed by atoms with Crippen LogP contribution >= 0.6 is 0 Å². The lowest BCUT2D eigenvalue weighted by Crippen LogP contribution is -2.42. The van der Waals surface area contributed by atoms with Crippen molar-refractivity contribution in [3.05, 3.63) is 0 Å². The molecule has 0 amide bonds. The molecule has 0 fully saturated rings. The summed E-state index contributed by atoms with van der Waals surface area (Å²) in [4.78, 5) is 10.2. The topological polar surface area (TPSA) is 83.5 Å². The van der Waals surface area contributed by atoms with Crippen LogP contribution in [0.5, 0.6) is 0 Å². The Hall–Kier alpha value is -0.500. The van der Waals surface area contributed by atoms with Crippen molar-refractivity contribution in [3.63, 3.8) is 0 Å². The predicted octanol–water partition coefficient (Wildman–Crippen LogP) is 5.37. The molecule has 0 aliphatic rings. The van der Waals surface area contributed by atoms with Crippen molar-refractivity contribution in [1.82, 2.24) is 5.32 Å².